The average Bonchev–Trinajstić information content (AvgIpc) is 3.02. The highest BCUT2D eigenvalue weighted by Crippen LogP contribution is 2.25. The standard InChI is InChI=1S/C12H21N3O4S2/c1-9-11(21(13,16)17)20-12(15-9)14-4-2-5-18-7-10-3-6-19-8-10/h10H,2-8H2,1H3,(H,14,15)(H2,13,16,17)/t10-/m1/s1. The Bertz CT molecular complexity index is 553. The minimum Gasteiger partial charge on any atom is -0.381 e. The minimum absolute atomic E-state index is 0.113. The van der Waals surface area contributed by atoms with Crippen molar-refractivity contribution in [2.45, 2.75) is 24.0 Å². The molecule has 120 valence electrons. The van der Waals surface area contributed by atoms with Gasteiger partial charge >= 0.3 is 0 Å². The first-order chi connectivity index (χ1) is 9.97. The smallest absolute Gasteiger partial charge is 0.249 e. The van der Waals surface area contributed by atoms with Crippen LogP contribution < -0.4 is 10.5 Å². The minimum atomic E-state index is -3.68. The van der Waals surface area contributed by atoms with Crippen LogP contribution in [0.1, 0.15) is 18.5 Å². The highest BCUT2D eigenvalue weighted by molar-refractivity contribution is 7.91. The molecule has 1 aromatic rings. The molecule has 0 aromatic carbocycles. The van der Waals surface area contributed by atoms with Gasteiger partial charge in [0.05, 0.1) is 18.9 Å². The summed E-state index contributed by atoms with van der Waals surface area (Å²) in [6.07, 6.45) is 1.91. The number of hydrogen-bond donors (Lipinski definition) is 2. The first-order valence-electron chi connectivity index (χ1n) is 6.86. The lowest BCUT2D eigenvalue weighted by atomic mass is 10.1. The average molecular weight is 335 g/mol. The molecule has 0 unspecified atom stereocenters. The fourth-order valence-corrected chi connectivity index (χ4v) is 3.94. The number of thiazole rings is 1. The summed E-state index contributed by atoms with van der Waals surface area (Å²) in [4.78, 5) is 4.15. The van der Waals surface area contributed by atoms with Gasteiger partial charge in [0.2, 0.25) is 10.0 Å². The number of aryl methyl sites for hydroxylation is 1. The summed E-state index contributed by atoms with van der Waals surface area (Å²) >= 11 is 1.06. The summed E-state index contributed by atoms with van der Waals surface area (Å²) in [7, 11) is -3.68. The van der Waals surface area contributed by atoms with Crippen LogP contribution in [-0.4, -0.2) is 46.4 Å². The maximum atomic E-state index is 11.3. The topological polar surface area (TPSA) is 104 Å². The van der Waals surface area contributed by atoms with Crippen molar-refractivity contribution < 1.29 is 17.9 Å². The van der Waals surface area contributed by atoms with E-state index in [1.807, 2.05) is 0 Å². The van der Waals surface area contributed by atoms with Crippen LogP contribution in [0.25, 0.3) is 0 Å². The van der Waals surface area contributed by atoms with E-state index >= 15 is 0 Å². The maximum Gasteiger partial charge on any atom is 0.249 e. The van der Waals surface area contributed by atoms with Gasteiger partial charge in [0, 0.05) is 25.7 Å². The van der Waals surface area contributed by atoms with E-state index in [0.29, 0.717) is 29.9 Å². The summed E-state index contributed by atoms with van der Waals surface area (Å²) in [5.74, 6) is 0.525. The van der Waals surface area contributed by atoms with Gasteiger partial charge in [0.1, 0.15) is 0 Å². The predicted molar refractivity (Wildman–Crippen MR) is 81.1 cm³/mol. The van der Waals surface area contributed by atoms with E-state index < -0.39 is 10.0 Å². The second kappa shape index (κ2) is 7.50. The molecule has 1 aliphatic heterocycles. The third kappa shape index (κ3) is 5.19. The molecule has 0 aliphatic carbocycles. The zero-order valence-corrected chi connectivity index (χ0v) is 13.6. The van der Waals surface area contributed by atoms with Gasteiger partial charge in [-0.15, -0.1) is 0 Å². The van der Waals surface area contributed by atoms with Crippen molar-refractivity contribution in [3.8, 4) is 0 Å². The van der Waals surface area contributed by atoms with E-state index in [9.17, 15) is 8.42 Å². The number of nitrogens with two attached hydrogens (primary N) is 1. The Morgan fingerprint density at radius 1 is 1.57 bits per heavy atom. The number of primary sulfonamides is 1. The second-order valence-corrected chi connectivity index (χ2v) is 7.78. The Labute approximate surface area is 128 Å². The van der Waals surface area contributed by atoms with Crippen LogP contribution >= 0.6 is 11.3 Å². The van der Waals surface area contributed by atoms with E-state index in [0.717, 1.165) is 44.0 Å². The van der Waals surface area contributed by atoms with E-state index in [4.69, 9.17) is 14.6 Å². The van der Waals surface area contributed by atoms with Crippen molar-refractivity contribution in [1.29, 1.82) is 0 Å². The molecule has 1 atom stereocenters. The molecule has 0 bridgehead atoms. The zero-order chi connectivity index (χ0) is 15.3. The van der Waals surface area contributed by atoms with Gasteiger partial charge in [-0.3, -0.25) is 0 Å². The highest BCUT2D eigenvalue weighted by atomic mass is 32.2. The highest BCUT2D eigenvalue weighted by Gasteiger charge is 2.17. The van der Waals surface area contributed by atoms with Gasteiger partial charge in [-0.05, 0) is 19.8 Å². The molecule has 21 heavy (non-hydrogen) atoms. The van der Waals surface area contributed by atoms with Gasteiger partial charge in [0.15, 0.2) is 9.34 Å². The van der Waals surface area contributed by atoms with Crippen LogP contribution in [0.3, 0.4) is 0 Å². The Kier molecular flexibility index (Phi) is 5.94. The van der Waals surface area contributed by atoms with Crippen molar-refractivity contribution in [2.75, 3.05) is 38.3 Å². The molecule has 2 heterocycles. The van der Waals surface area contributed by atoms with E-state index in [1.165, 1.54) is 0 Å². The molecular weight excluding hydrogens is 314 g/mol. The van der Waals surface area contributed by atoms with Crippen molar-refractivity contribution in [3.63, 3.8) is 0 Å². The maximum absolute atomic E-state index is 11.3. The summed E-state index contributed by atoms with van der Waals surface area (Å²) < 4.78 is 33.6. The molecule has 9 heteroatoms. The van der Waals surface area contributed by atoms with Crippen LogP contribution in [0.15, 0.2) is 4.21 Å². The van der Waals surface area contributed by atoms with E-state index in [-0.39, 0.29) is 4.21 Å². The van der Waals surface area contributed by atoms with Gasteiger partial charge in [-0.25, -0.2) is 18.5 Å². The number of hydrogen-bond acceptors (Lipinski definition) is 7. The lowest BCUT2D eigenvalue weighted by Gasteiger charge is -2.08. The molecule has 0 saturated carbocycles. The van der Waals surface area contributed by atoms with Gasteiger partial charge in [0.25, 0.3) is 0 Å². The molecular formula is C12H21N3O4S2. The lowest BCUT2D eigenvalue weighted by Crippen LogP contribution is -2.12. The number of ether oxygens (including phenoxy) is 2. The Hall–Kier alpha value is -0.740. The van der Waals surface area contributed by atoms with Gasteiger partial charge < -0.3 is 14.8 Å². The van der Waals surface area contributed by atoms with Crippen LogP contribution in [0.2, 0.25) is 0 Å². The molecule has 1 saturated heterocycles. The summed E-state index contributed by atoms with van der Waals surface area (Å²) in [5.41, 5.74) is 0.433. The fourth-order valence-electron chi connectivity index (χ4n) is 2.06. The molecule has 1 aliphatic rings. The van der Waals surface area contributed by atoms with Crippen LogP contribution in [0.4, 0.5) is 5.13 Å². The van der Waals surface area contributed by atoms with E-state index in [2.05, 4.69) is 10.3 Å². The monoisotopic (exact) mass is 335 g/mol. The predicted octanol–water partition coefficient (Wildman–Crippen LogP) is 0.954. The Morgan fingerprint density at radius 3 is 3.00 bits per heavy atom. The number of aromatic nitrogens is 1. The van der Waals surface area contributed by atoms with Gasteiger partial charge in [-0.1, -0.05) is 11.3 Å². The fraction of sp³-hybridized carbons (Fsp3) is 0.750. The molecule has 3 N–H and O–H groups in total. The molecule has 1 aromatic heterocycles. The van der Waals surface area contributed by atoms with Crippen LogP contribution in [0.5, 0.6) is 0 Å². The van der Waals surface area contributed by atoms with Crippen molar-refractivity contribution >= 4 is 26.5 Å². The normalized spacial score (nSPS) is 19.0. The number of nitrogens with zero attached hydrogens (tertiary/aromatic N) is 1. The zero-order valence-electron chi connectivity index (χ0n) is 12.0. The van der Waals surface area contributed by atoms with Crippen molar-refractivity contribution in [3.05, 3.63) is 5.69 Å². The molecule has 0 radical (unpaired) electrons. The molecule has 7 nitrogen and oxygen atoms in total. The number of rotatable bonds is 8. The molecule has 2 rings (SSSR count). The summed E-state index contributed by atoms with van der Waals surface area (Å²) in [6, 6.07) is 0. The number of anilines is 1. The van der Waals surface area contributed by atoms with E-state index in [1.54, 1.807) is 6.92 Å². The quantitative estimate of drug-likeness (QED) is 0.686. The molecule has 0 spiro atoms. The van der Waals surface area contributed by atoms with Crippen molar-refractivity contribution in [2.24, 2.45) is 11.1 Å². The third-order valence-electron chi connectivity index (χ3n) is 3.13. The van der Waals surface area contributed by atoms with Crippen LogP contribution in [0, 0.1) is 12.8 Å². The van der Waals surface area contributed by atoms with Crippen LogP contribution in [-0.2, 0) is 19.5 Å². The largest absolute Gasteiger partial charge is 0.381 e. The first-order valence-corrected chi connectivity index (χ1v) is 9.22. The second-order valence-electron chi connectivity index (χ2n) is 5.02. The van der Waals surface area contributed by atoms with Gasteiger partial charge in [-0.2, -0.15) is 0 Å². The summed E-state index contributed by atoms with van der Waals surface area (Å²) in [5, 5.41) is 8.77. The molecule has 0 amide bonds. The SMILES string of the molecule is Cc1nc(NCCCOC[C@H]2CCOC2)sc1S(N)(=O)=O. The number of sulfonamides is 1. The first kappa shape index (κ1) is 16.6. The Morgan fingerprint density at radius 2 is 2.38 bits per heavy atom. The number of nitrogens with one attached hydrogen (secondary N) is 1. The summed E-state index contributed by atoms with van der Waals surface area (Å²) in [6.45, 7) is 5.35. The lowest BCUT2D eigenvalue weighted by molar-refractivity contribution is 0.0897. The molecule has 1 fully saturated rings. The third-order valence-corrected chi connectivity index (χ3v) is 5.80. The Balaban J connectivity index is 1.64. The van der Waals surface area contributed by atoms with Crippen molar-refractivity contribution in [1.82, 2.24) is 4.98 Å².